The maximum atomic E-state index is 4.92. The third-order valence-corrected chi connectivity index (χ3v) is 5.42. The van der Waals surface area contributed by atoms with Crippen molar-refractivity contribution in [3.05, 3.63) is 0 Å². The summed E-state index contributed by atoms with van der Waals surface area (Å²) in [5.74, 6) is 1.16. The van der Waals surface area contributed by atoms with Crippen molar-refractivity contribution in [2.75, 3.05) is 39.3 Å². The van der Waals surface area contributed by atoms with Gasteiger partial charge in [0.2, 0.25) is 0 Å². The first-order chi connectivity index (χ1) is 10.2. The molecule has 2 aliphatic heterocycles. The van der Waals surface area contributed by atoms with Gasteiger partial charge in [0.15, 0.2) is 5.96 Å². The summed E-state index contributed by atoms with van der Waals surface area (Å²) >= 11 is 0. The molecule has 0 radical (unpaired) electrons. The first-order valence-electron chi connectivity index (χ1n) is 8.97. The van der Waals surface area contributed by atoms with Crippen LogP contribution in [0.15, 0.2) is 4.99 Å². The Bertz CT molecular complexity index is 369. The zero-order chi connectivity index (χ0) is 14.7. The molecule has 1 aliphatic carbocycles. The van der Waals surface area contributed by atoms with E-state index >= 15 is 0 Å². The van der Waals surface area contributed by atoms with E-state index < -0.39 is 0 Å². The van der Waals surface area contributed by atoms with Gasteiger partial charge in [-0.1, -0.05) is 13.3 Å². The number of nitrogens with zero attached hydrogens (tertiary/aromatic N) is 3. The quantitative estimate of drug-likeness (QED) is 0.637. The number of aliphatic imine (C=N–C) groups is 1. The number of hydrogen-bond acceptors (Lipinski definition) is 2. The molecule has 2 heterocycles. The van der Waals surface area contributed by atoms with Crippen molar-refractivity contribution < 1.29 is 0 Å². The van der Waals surface area contributed by atoms with Gasteiger partial charge in [0.05, 0.1) is 0 Å². The SMILES string of the molecule is CCNC(=NCC1(C)CC1)N1CCC(N2CCCCC2)C1. The molecule has 1 unspecified atom stereocenters. The van der Waals surface area contributed by atoms with Crippen LogP contribution in [0, 0.1) is 5.41 Å². The van der Waals surface area contributed by atoms with Gasteiger partial charge in [-0.05, 0) is 57.5 Å². The molecule has 4 nitrogen and oxygen atoms in total. The van der Waals surface area contributed by atoms with Crippen LogP contribution >= 0.6 is 0 Å². The first-order valence-corrected chi connectivity index (χ1v) is 8.97. The molecule has 120 valence electrons. The second-order valence-electron chi connectivity index (χ2n) is 7.47. The highest BCUT2D eigenvalue weighted by molar-refractivity contribution is 5.80. The third-order valence-electron chi connectivity index (χ3n) is 5.42. The minimum Gasteiger partial charge on any atom is -0.357 e. The lowest BCUT2D eigenvalue weighted by Gasteiger charge is -2.32. The Balaban J connectivity index is 1.56. The number of likely N-dealkylation sites (tertiary alicyclic amines) is 2. The third kappa shape index (κ3) is 3.91. The number of hydrogen-bond donors (Lipinski definition) is 1. The normalized spacial score (nSPS) is 29.7. The predicted molar refractivity (Wildman–Crippen MR) is 88.7 cm³/mol. The lowest BCUT2D eigenvalue weighted by atomic mass is 10.1. The molecule has 3 fully saturated rings. The van der Waals surface area contributed by atoms with Crippen molar-refractivity contribution in [3.63, 3.8) is 0 Å². The fraction of sp³-hybridized carbons (Fsp3) is 0.941. The molecule has 21 heavy (non-hydrogen) atoms. The van der Waals surface area contributed by atoms with E-state index in [0.29, 0.717) is 5.41 Å². The van der Waals surface area contributed by atoms with E-state index in [-0.39, 0.29) is 0 Å². The Hall–Kier alpha value is -0.770. The highest BCUT2D eigenvalue weighted by Crippen LogP contribution is 2.45. The molecule has 1 atom stereocenters. The number of nitrogens with one attached hydrogen (secondary N) is 1. The molecule has 0 spiro atoms. The average Bonchev–Trinajstić information content (AvgIpc) is 3.05. The standard InChI is InChI=1S/C17H32N4/c1-3-18-16(19-14-17(2)8-9-17)21-12-7-15(13-21)20-10-5-4-6-11-20/h15H,3-14H2,1-2H3,(H,18,19). The van der Waals surface area contributed by atoms with Gasteiger partial charge in [-0.3, -0.25) is 9.89 Å². The summed E-state index contributed by atoms with van der Waals surface area (Å²) in [5, 5.41) is 3.51. The van der Waals surface area contributed by atoms with Gasteiger partial charge in [0.25, 0.3) is 0 Å². The molecule has 1 saturated carbocycles. The van der Waals surface area contributed by atoms with Crippen LogP contribution in [0.3, 0.4) is 0 Å². The average molecular weight is 292 g/mol. The first kappa shape index (κ1) is 15.1. The molecule has 0 aromatic rings. The summed E-state index contributed by atoms with van der Waals surface area (Å²) in [7, 11) is 0. The second-order valence-corrected chi connectivity index (χ2v) is 7.47. The topological polar surface area (TPSA) is 30.9 Å². The van der Waals surface area contributed by atoms with Crippen LogP contribution in [0.5, 0.6) is 0 Å². The van der Waals surface area contributed by atoms with Crippen LogP contribution in [0.4, 0.5) is 0 Å². The van der Waals surface area contributed by atoms with Crippen LogP contribution in [-0.2, 0) is 0 Å². The molecule has 0 bridgehead atoms. The maximum absolute atomic E-state index is 4.92. The van der Waals surface area contributed by atoms with E-state index in [1.165, 1.54) is 64.7 Å². The van der Waals surface area contributed by atoms with Crippen LogP contribution < -0.4 is 5.32 Å². The molecular weight excluding hydrogens is 260 g/mol. The van der Waals surface area contributed by atoms with Gasteiger partial charge < -0.3 is 10.2 Å². The molecule has 1 N–H and O–H groups in total. The van der Waals surface area contributed by atoms with Crippen molar-refractivity contribution in [2.24, 2.45) is 10.4 Å². The van der Waals surface area contributed by atoms with Crippen LogP contribution in [-0.4, -0.2) is 61.1 Å². The van der Waals surface area contributed by atoms with E-state index in [2.05, 4.69) is 29.0 Å². The molecule has 0 aromatic heterocycles. The molecule has 3 aliphatic rings. The number of piperidine rings is 1. The van der Waals surface area contributed by atoms with Crippen molar-refractivity contribution in [2.45, 2.75) is 58.4 Å². The molecule has 0 amide bonds. The van der Waals surface area contributed by atoms with Gasteiger partial charge in [-0.15, -0.1) is 0 Å². The molecule has 0 aromatic carbocycles. The lowest BCUT2D eigenvalue weighted by molar-refractivity contribution is 0.168. The molecule has 2 saturated heterocycles. The lowest BCUT2D eigenvalue weighted by Crippen LogP contribution is -2.44. The predicted octanol–water partition coefficient (Wildman–Crippen LogP) is 2.31. The van der Waals surface area contributed by atoms with Gasteiger partial charge in [-0.2, -0.15) is 0 Å². The number of guanidine groups is 1. The van der Waals surface area contributed by atoms with E-state index in [9.17, 15) is 0 Å². The maximum Gasteiger partial charge on any atom is 0.193 e. The monoisotopic (exact) mass is 292 g/mol. The Morgan fingerprint density at radius 2 is 1.95 bits per heavy atom. The summed E-state index contributed by atoms with van der Waals surface area (Å²) in [4.78, 5) is 10.1. The zero-order valence-electron chi connectivity index (χ0n) is 13.9. The van der Waals surface area contributed by atoms with Gasteiger partial charge in [-0.25, -0.2) is 0 Å². The smallest absolute Gasteiger partial charge is 0.193 e. The Labute approximate surface area is 130 Å². The van der Waals surface area contributed by atoms with E-state index in [1.54, 1.807) is 0 Å². The minimum atomic E-state index is 0.507. The van der Waals surface area contributed by atoms with Crippen molar-refractivity contribution in [1.29, 1.82) is 0 Å². The number of rotatable bonds is 4. The van der Waals surface area contributed by atoms with E-state index in [1.807, 2.05) is 0 Å². The molecule has 4 heteroatoms. The zero-order valence-corrected chi connectivity index (χ0v) is 13.9. The Kier molecular flexibility index (Phi) is 4.72. The summed E-state index contributed by atoms with van der Waals surface area (Å²) in [6, 6.07) is 0.755. The second kappa shape index (κ2) is 6.55. The van der Waals surface area contributed by atoms with Crippen molar-refractivity contribution >= 4 is 5.96 Å². The highest BCUT2D eigenvalue weighted by Gasteiger charge is 2.37. The Morgan fingerprint density at radius 1 is 1.19 bits per heavy atom. The van der Waals surface area contributed by atoms with Crippen LogP contribution in [0.2, 0.25) is 0 Å². The summed E-state index contributed by atoms with van der Waals surface area (Å²) in [6.07, 6.45) is 8.22. The fourth-order valence-corrected chi connectivity index (χ4v) is 3.58. The van der Waals surface area contributed by atoms with Gasteiger partial charge >= 0.3 is 0 Å². The molecular formula is C17H32N4. The largest absolute Gasteiger partial charge is 0.357 e. The summed E-state index contributed by atoms with van der Waals surface area (Å²) in [5.41, 5.74) is 0.507. The van der Waals surface area contributed by atoms with Gasteiger partial charge in [0.1, 0.15) is 0 Å². The minimum absolute atomic E-state index is 0.507. The van der Waals surface area contributed by atoms with Crippen molar-refractivity contribution in [1.82, 2.24) is 15.1 Å². The fourth-order valence-electron chi connectivity index (χ4n) is 3.58. The van der Waals surface area contributed by atoms with Crippen LogP contribution in [0.25, 0.3) is 0 Å². The van der Waals surface area contributed by atoms with Crippen LogP contribution in [0.1, 0.15) is 52.4 Å². The van der Waals surface area contributed by atoms with Crippen molar-refractivity contribution in [3.8, 4) is 0 Å². The van der Waals surface area contributed by atoms with Gasteiger partial charge in [0, 0.05) is 32.2 Å². The highest BCUT2D eigenvalue weighted by atomic mass is 15.3. The van der Waals surface area contributed by atoms with E-state index in [0.717, 1.165) is 25.1 Å². The summed E-state index contributed by atoms with van der Waals surface area (Å²) in [6.45, 7) is 11.5. The summed E-state index contributed by atoms with van der Waals surface area (Å²) < 4.78 is 0. The Morgan fingerprint density at radius 3 is 2.62 bits per heavy atom. The van der Waals surface area contributed by atoms with E-state index in [4.69, 9.17) is 4.99 Å². The molecule has 3 rings (SSSR count).